The number of carbonyl (C=O) groups is 1. The van der Waals surface area contributed by atoms with Gasteiger partial charge in [0.05, 0.1) is 20.3 Å². The quantitative estimate of drug-likeness (QED) is 0.711. The van der Waals surface area contributed by atoms with Crippen LogP contribution in [0.5, 0.6) is 11.5 Å². The average molecular weight is 359 g/mol. The number of ether oxygens (including phenoxy) is 2. The Hall–Kier alpha value is -2.14. The minimum absolute atomic E-state index is 0.0434. The van der Waals surface area contributed by atoms with Gasteiger partial charge in [-0.25, -0.2) is 0 Å². The topological polar surface area (TPSA) is 47.6 Å². The fourth-order valence-electron chi connectivity index (χ4n) is 2.42. The zero-order valence-electron chi connectivity index (χ0n) is 15.2. The van der Waals surface area contributed by atoms with Gasteiger partial charge in [-0.1, -0.05) is 23.8 Å². The molecule has 0 fully saturated rings. The van der Waals surface area contributed by atoms with Crippen LogP contribution in [0.4, 0.5) is 0 Å². The molecule has 0 aliphatic heterocycles. The molecule has 0 saturated carbocycles. The van der Waals surface area contributed by atoms with Crippen molar-refractivity contribution in [3.63, 3.8) is 0 Å². The van der Waals surface area contributed by atoms with Gasteiger partial charge in [0.15, 0.2) is 11.5 Å². The Bertz CT molecular complexity index is 701. The summed E-state index contributed by atoms with van der Waals surface area (Å²) in [6, 6.07) is 13.9. The highest BCUT2D eigenvalue weighted by Crippen LogP contribution is 2.30. The fourth-order valence-corrected chi connectivity index (χ4v) is 3.27. The first-order chi connectivity index (χ1) is 12.0. The highest BCUT2D eigenvalue weighted by atomic mass is 32.2. The highest BCUT2D eigenvalue weighted by molar-refractivity contribution is 7.99. The lowest BCUT2D eigenvalue weighted by atomic mass is 10.1. The van der Waals surface area contributed by atoms with Gasteiger partial charge in [-0.05, 0) is 43.7 Å². The monoisotopic (exact) mass is 359 g/mol. The maximum Gasteiger partial charge on any atom is 0.221 e. The van der Waals surface area contributed by atoms with Crippen LogP contribution in [0.1, 0.15) is 30.5 Å². The van der Waals surface area contributed by atoms with Crippen molar-refractivity contribution in [1.82, 2.24) is 5.32 Å². The summed E-state index contributed by atoms with van der Waals surface area (Å²) in [6.45, 7) is 4.03. The first kappa shape index (κ1) is 19.2. The summed E-state index contributed by atoms with van der Waals surface area (Å²) >= 11 is 1.69. The lowest BCUT2D eigenvalue weighted by molar-refractivity contribution is -0.121. The van der Waals surface area contributed by atoms with Crippen LogP contribution in [-0.2, 0) is 4.79 Å². The number of rotatable bonds is 8. The summed E-state index contributed by atoms with van der Waals surface area (Å²) in [5, 5.41) is 3.03. The highest BCUT2D eigenvalue weighted by Gasteiger charge is 2.12. The Morgan fingerprint density at radius 3 is 2.40 bits per heavy atom. The second-order valence-electron chi connectivity index (χ2n) is 5.82. The number of aryl methyl sites for hydroxylation is 1. The van der Waals surface area contributed by atoms with Crippen LogP contribution >= 0.6 is 11.8 Å². The summed E-state index contributed by atoms with van der Waals surface area (Å²) in [4.78, 5) is 13.4. The van der Waals surface area contributed by atoms with E-state index in [1.165, 1.54) is 10.5 Å². The molecule has 0 radical (unpaired) electrons. The molecule has 2 aromatic rings. The molecule has 0 aliphatic carbocycles. The van der Waals surface area contributed by atoms with E-state index in [1.54, 1.807) is 26.0 Å². The van der Waals surface area contributed by atoms with Gasteiger partial charge in [0.25, 0.3) is 0 Å². The second kappa shape index (κ2) is 9.37. The van der Waals surface area contributed by atoms with E-state index in [2.05, 4.69) is 36.5 Å². The molecule has 0 heterocycles. The molecule has 0 unspecified atom stereocenters. The van der Waals surface area contributed by atoms with E-state index >= 15 is 0 Å². The lowest BCUT2D eigenvalue weighted by Crippen LogP contribution is -2.26. The van der Waals surface area contributed by atoms with Crippen LogP contribution < -0.4 is 14.8 Å². The van der Waals surface area contributed by atoms with Gasteiger partial charge in [0.1, 0.15) is 0 Å². The third kappa shape index (κ3) is 5.71. The van der Waals surface area contributed by atoms with E-state index in [1.807, 2.05) is 25.1 Å². The molecular weight excluding hydrogens is 334 g/mol. The van der Waals surface area contributed by atoms with Gasteiger partial charge >= 0.3 is 0 Å². The first-order valence-corrected chi connectivity index (χ1v) is 9.22. The summed E-state index contributed by atoms with van der Waals surface area (Å²) in [7, 11) is 3.21. The first-order valence-electron chi connectivity index (χ1n) is 8.24. The average Bonchev–Trinajstić information content (AvgIpc) is 2.62. The third-order valence-corrected chi connectivity index (χ3v) is 4.92. The number of carbonyl (C=O) groups excluding carboxylic acids is 1. The van der Waals surface area contributed by atoms with E-state index in [0.29, 0.717) is 17.9 Å². The number of amides is 1. The summed E-state index contributed by atoms with van der Waals surface area (Å²) < 4.78 is 10.6. The van der Waals surface area contributed by atoms with E-state index in [0.717, 1.165) is 11.3 Å². The maximum atomic E-state index is 12.2. The lowest BCUT2D eigenvalue weighted by Gasteiger charge is -2.16. The Morgan fingerprint density at radius 2 is 1.76 bits per heavy atom. The molecule has 5 heteroatoms. The molecule has 1 atom stereocenters. The Labute approximate surface area is 153 Å². The van der Waals surface area contributed by atoms with Crippen molar-refractivity contribution in [2.45, 2.75) is 31.2 Å². The van der Waals surface area contributed by atoms with Gasteiger partial charge in [0, 0.05) is 17.1 Å². The molecular formula is C20H25NO3S. The number of nitrogens with one attached hydrogen (secondary N) is 1. The second-order valence-corrected chi connectivity index (χ2v) is 6.98. The van der Waals surface area contributed by atoms with Crippen LogP contribution in [0.15, 0.2) is 47.4 Å². The number of thioether (sulfide) groups is 1. The summed E-state index contributed by atoms with van der Waals surface area (Å²) in [5.41, 5.74) is 2.23. The van der Waals surface area contributed by atoms with E-state index < -0.39 is 0 Å². The van der Waals surface area contributed by atoms with Crippen molar-refractivity contribution in [2.75, 3.05) is 20.0 Å². The number of hydrogen-bond acceptors (Lipinski definition) is 4. The predicted molar refractivity (Wildman–Crippen MR) is 103 cm³/mol. The van der Waals surface area contributed by atoms with E-state index in [9.17, 15) is 4.79 Å². The molecule has 2 rings (SSSR count). The maximum absolute atomic E-state index is 12.2. The number of hydrogen-bond donors (Lipinski definition) is 1. The van der Waals surface area contributed by atoms with Gasteiger partial charge in [-0.15, -0.1) is 11.8 Å². The van der Waals surface area contributed by atoms with Gasteiger partial charge < -0.3 is 14.8 Å². The Kier molecular flexibility index (Phi) is 7.19. The minimum atomic E-state index is -0.0864. The largest absolute Gasteiger partial charge is 0.493 e. The van der Waals surface area contributed by atoms with E-state index in [4.69, 9.17) is 9.47 Å². The van der Waals surface area contributed by atoms with Crippen LogP contribution in [0.2, 0.25) is 0 Å². The summed E-state index contributed by atoms with van der Waals surface area (Å²) in [5.74, 6) is 2.14. The molecule has 0 bridgehead atoms. The van der Waals surface area contributed by atoms with Crippen LogP contribution in [0.25, 0.3) is 0 Å². The molecule has 25 heavy (non-hydrogen) atoms. The number of benzene rings is 2. The van der Waals surface area contributed by atoms with Crippen molar-refractivity contribution in [1.29, 1.82) is 0 Å². The van der Waals surface area contributed by atoms with Crippen LogP contribution in [0, 0.1) is 6.92 Å². The smallest absolute Gasteiger partial charge is 0.221 e. The zero-order chi connectivity index (χ0) is 18.2. The fraction of sp³-hybridized carbons (Fsp3) is 0.350. The zero-order valence-corrected chi connectivity index (χ0v) is 16.0. The molecule has 134 valence electrons. The van der Waals surface area contributed by atoms with Crippen molar-refractivity contribution < 1.29 is 14.3 Å². The SMILES string of the molecule is COc1ccc([C@@H](C)NC(=O)CCSc2ccc(C)cc2)cc1OC. The van der Waals surface area contributed by atoms with Gasteiger partial charge in [0.2, 0.25) is 5.91 Å². The molecule has 0 aromatic heterocycles. The predicted octanol–water partition coefficient (Wildman–Crippen LogP) is 4.37. The van der Waals surface area contributed by atoms with Gasteiger partial charge in [-0.3, -0.25) is 4.79 Å². The molecule has 0 aliphatic rings. The molecule has 1 N–H and O–H groups in total. The van der Waals surface area contributed by atoms with Gasteiger partial charge in [-0.2, -0.15) is 0 Å². The van der Waals surface area contributed by atoms with E-state index in [-0.39, 0.29) is 11.9 Å². The number of methoxy groups -OCH3 is 2. The van der Waals surface area contributed by atoms with Crippen molar-refractivity contribution in [3.8, 4) is 11.5 Å². The summed E-state index contributed by atoms with van der Waals surface area (Å²) in [6.07, 6.45) is 0.482. The van der Waals surface area contributed by atoms with Crippen LogP contribution in [-0.4, -0.2) is 25.9 Å². The minimum Gasteiger partial charge on any atom is -0.493 e. The Morgan fingerprint density at radius 1 is 1.08 bits per heavy atom. The molecule has 2 aromatic carbocycles. The molecule has 4 nitrogen and oxygen atoms in total. The van der Waals surface area contributed by atoms with Crippen molar-refractivity contribution in [2.24, 2.45) is 0 Å². The molecule has 0 saturated heterocycles. The van der Waals surface area contributed by atoms with Crippen molar-refractivity contribution >= 4 is 17.7 Å². The normalized spacial score (nSPS) is 11.7. The molecule has 1 amide bonds. The molecule has 0 spiro atoms. The standard InChI is InChI=1S/C20H25NO3S/c1-14-5-8-17(9-6-14)25-12-11-20(22)21-15(2)16-7-10-18(23-3)19(13-16)24-4/h5-10,13,15H,11-12H2,1-4H3,(H,21,22)/t15-/m1/s1. The van der Waals surface area contributed by atoms with Crippen LogP contribution in [0.3, 0.4) is 0 Å². The Balaban J connectivity index is 1.84. The van der Waals surface area contributed by atoms with Crippen molar-refractivity contribution in [3.05, 3.63) is 53.6 Å². The third-order valence-electron chi connectivity index (χ3n) is 3.90.